The molecule has 21 heavy (non-hydrogen) atoms. The number of ether oxygens (including phenoxy) is 1. The van der Waals surface area contributed by atoms with Gasteiger partial charge in [-0.3, -0.25) is 4.79 Å². The zero-order chi connectivity index (χ0) is 15.0. The zero-order valence-electron chi connectivity index (χ0n) is 11.0. The molecule has 0 saturated heterocycles. The SMILES string of the molecule is COc1ccc2c(=O)c(-c3ccc(Cl)c(Cl)c3)coc2c1. The highest BCUT2D eigenvalue weighted by atomic mass is 35.5. The van der Waals surface area contributed by atoms with Crippen molar-refractivity contribution in [2.24, 2.45) is 0 Å². The molecule has 3 nitrogen and oxygen atoms in total. The highest BCUT2D eigenvalue weighted by Crippen LogP contribution is 2.28. The van der Waals surface area contributed by atoms with Crippen molar-refractivity contribution in [2.75, 3.05) is 7.11 Å². The van der Waals surface area contributed by atoms with Crippen LogP contribution in [0.2, 0.25) is 10.0 Å². The van der Waals surface area contributed by atoms with Gasteiger partial charge < -0.3 is 9.15 Å². The predicted octanol–water partition coefficient (Wildman–Crippen LogP) is 4.78. The molecule has 0 aliphatic rings. The van der Waals surface area contributed by atoms with Crippen molar-refractivity contribution in [3.05, 3.63) is 62.9 Å². The predicted molar refractivity (Wildman–Crippen MR) is 84.5 cm³/mol. The largest absolute Gasteiger partial charge is 0.497 e. The fourth-order valence-corrected chi connectivity index (χ4v) is 2.40. The lowest BCUT2D eigenvalue weighted by Gasteiger charge is -2.05. The number of hydrogen-bond acceptors (Lipinski definition) is 3. The summed E-state index contributed by atoms with van der Waals surface area (Å²) in [6.07, 6.45) is 1.42. The Kier molecular flexibility index (Phi) is 3.62. The summed E-state index contributed by atoms with van der Waals surface area (Å²) in [5, 5.41) is 1.32. The fourth-order valence-electron chi connectivity index (χ4n) is 2.10. The average molecular weight is 321 g/mol. The molecule has 0 fully saturated rings. The lowest BCUT2D eigenvalue weighted by atomic mass is 10.1. The third-order valence-electron chi connectivity index (χ3n) is 3.21. The van der Waals surface area contributed by atoms with Gasteiger partial charge in [-0.15, -0.1) is 0 Å². The van der Waals surface area contributed by atoms with Gasteiger partial charge in [-0.2, -0.15) is 0 Å². The van der Waals surface area contributed by atoms with E-state index in [4.69, 9.17) is 32.4 Å². The summed E-state index contributed by atoms with van der Waals surface area (Å²) in [6, 6.07) is 10.1. The van der Waals surface area contributed by atoms with Crippen LogP contribution in [0.5, 0.6) is 5.75 Å². The molecule has 0 saturated carbocycles. The molecule has 3 rings (SSSR count). The summed E-state index contributed by atoms with van der Waals surface area (Å²) < 4.78 is 10.6. The lowest BCUT2D eigenvalue weighted by molar-refractivity contribution is 0.414. The van der Waals surface area contributed by atoms with Crippen molar-refractivity contribution in [2.45, 2.75) is 0 Å². The van der Waals surface area contributed by atoms with Gasteiger partial charge in [0.1, 0.15) is 17.6 Å². The first-order valence-corrected chi connectivity index (χ1v) is 6.90. The topological polar surface area (TPSA) is 39.4 Å². The molecule has 0 atom stereocenters. The Morgan fingerprint density at radius 2 is 1.86 bits per heavy atom. The highest BCUT2D eigenvalue weighted by Gasteiger charge is 2.11. The molecule has 3 aromatic rings. The molecule has 1 aromatic heterocycles. The van der Waals surface area contributed by atoms with Crippen LogP contribution in [-0.2, 0) is 0 Å². The van der Waals surface area contributed by atoms with Gasteiger partial charge in [0.25, 0.3) is 0 Å². The van der Waals surface area contributed by atoms with Gasteiger partial charge in [-0.25, -0.2) is 0 Å². The van der Waals surface area contributed by atoms with Crippen molar-refractivity contribution in [1.29, 1.82) is 0 Å². The van der Waals surface area contributed by atoms with E-state index in [0.29, 0.717) is 37.9 Å². The van der Waals surface area contributed by atoms with Gasteiger partial charge in [0.15, 0.2) is 5.43 Å². The van der Waals surface area contributed by atoms with Crippen LogP contribution in [0.4, 0.5) is 0 Å². The second kappa shape index (κ2) is 5.43. The van der Waals surface area contributed by atoms with Crippen LogP contribution in [0.1, 0.15) is 0 Å². The molecule has 0 unspecified atom stereocenters. The van der Waals surface area contributed by atoms with E-state index in [9.17, 15) is 4.79 Å². The molecule has 106 valence electrons. The van der Waals surface area contributed by atoms with Gasteiger partial charge in [0.2, 0.25) is 0 Å². The summed E-state index contributed by atoms with van der Waals surface area (Å²) in [4.78, 5) is 12.5. The minimum atomic E-state index is -0.128. The van der Waals surface area contributed by atoms with Gasteiger partial charge >= 0.3 is 0 Å². The third kappa shape index (κ3) is 2.50. The number of benzene rings is 2. The van der Waals surface area contributed by atoms with E-state index in [-0.39, 0.29) is 5.43 Å². The van der Waals surface area contributed by atoms with Crippen LogP contribution >= 0.6 is 23.2 Å². The van der Waals surface area contributed by atoms with Crippen molar-refractivity contribution >= 4 is 34.2 Å². The molecule has 0 aliphatic carbocycles. The van der Waals surface area contributed by atoms with Crippen LogP contribution < -0.4 is 10.2 Å². The molecule has 2 aromatic carbocycles. The minimum absolute atomic E-state index is 0.128. The Labute approximate surface area is 130 Å². The van der Waals surface area contributed by atoms with E-state index in [2.05, 4.69) is 0 Å². The van der Waals surface area contributed by atoms with Gasteiger partial charge in [-0.1, -0.05) is 29.3 Å². The van der Waals surface area contributed by atoms with E-state index in [1.54, 1.807) is 43.5 Å². The Balaban J connectivity index is 2.22. The van der Waals surface area contributed by atoms with Crippen LogP contribution in [0.25, 0.3) is 22.1 Å². The Hall–Kier alpha value is -1.97. The Bertz CT molecular complexity index is 884. The molecule has 0 spiro atoms. The standard InChI is InChI=1S/C16H10Cl2O3/c1-20-10-3-4-11-15(7-10)21-8-12(16(11)19)9-2-5-13(17)14(18)6-9/h2-8H,1H3. The van der Waals surface area contributed by atoms with E-state index in [1.807, 2.05) is 0 Å². The van der Waals surface area contributed by atoms with Crippen LogP contribution in [0.3, 0.4) is 0 Å². The van der Waals surface area contributed by atoms with Crippen molar-refractivity contribution < 1.29 is 9.15 Å². The first kappa shape index (κ1) is 14.0. The maximum Gasteiger partial charge on any atom is 0.200 e. The number of halogens is 2. The Morgan fingerprint density at radius 3 is 2.57 bits per heavy atom. The lowest BCUT2D eigenvalue weighted by Crippen LogP contribution is -2.04. The van der Waals surface area contributed by atoms with Crippen molar-refractivity contribution in [3.8, 4) is 16.9 Å². The average Bonchev–Trinajstić information content (AvgIpc) is 2.50. The molecule has 0 aliphatic heterocycles. The molecule has 0 radical (unpaired) electrons. The first-order chi connectivity index (χ1) is 10.1. The van der Waals surface area contributed by atoms with Gasteiger partial charge in [-0.05, 0) is 29.8 Å². The molecular formula is C16H10Cl2O3. The van der Waals surface area contributed by atoms with Crippen molar-refractivity contribution in [3.63, 3.8) is 0 Å². The number of hydrogen-bond donors (Lipinski definition) is 0. The van der Waals surface area contributed by atoms with E-state index in [0.717, 1.165) is 0 Å². The normalized spacial score (nSPS) is 10.8. The maximum absolute atomic E-state index is 12.5. The second-order valence-corrected chi connectivity index (χ2v) is 5.28. The second-order valence-electron chi connectivity index (χ2n) is 4.47. The smallest absolute Gasteiger partial charge is 0.200 e. The summed E-state index contributed by atoms with van der Waals surface area (Å²) in [5.41, 5.74) is 1.45. The number of rotatable bonds is 2. The van der Waals surface area contributed by atoms with E-state index in [1.165, 1.54) is 6.26 Å². The van der Waals surface area contributed by atoms with Crippen molar-refractivity contribution in [1.82, 2.24) is 0 Å². The minimum Gasteiger partial charge on any atom is -0.497 e. The summed E-state index contributed by atoms with van der Waals surface area (Å²) in [6.45, 7) is 0. The molecule has 0 amide bonds. The highest BCUT2D eigenvalue weighted by molar-refractivity contribution is 6.42. The molecular weight excluding hydrogens is 311 g/mol. The Morgan fingerprint density at radius 1 is 1.05 bits per heavy atom. The fraction of sp³-hybridized carbons (Fsp3) is 0.0625. The van der Waals surface area contributed by atoms with E-state index >= 15 is 0 Å². The van der Waals surface area contributed by atoms with Gasteiger partial charge in [0.05, 0.1) is 28.1 Å². The van der Waals surface area contributed by atoms with Crippen LogP contribution in [0.15, 0.2) is 51.9 Å². The van der Waals surface area contributed by atoms with E-state index < -0.39 is 0 Å². The molecule has 1 heterocycles. The first-order valence-electron chi connectivity index (χ1n) is 6.15. The quantitative estimate of drug-likeness (QED) is 0.682. The summed E-state index contributed by atoms with van der Waals surface area (Å²) in [7, 11) is 1.56. The van der Waals surface area contributed by atoms with Gasteiger partial charge in [0, 0.05) is 6.07 Å². The number of fused-ring (bicyclic) bond motifs is 1. The maximum atomic E-state index is 12.5. The molecule has 0 N–H and O–H groups in total. The zero-order valence-corrected chi connectivity index (χ0v) is 12.5. The van der Waals surface area contributed by atoms with Crippen LogP contribution in [0, 0.1) is 0 Å². The monoisotopic (exact) mass is 320 g/mol. The van der Waals surface area contributed by atoms with Crippen LogP contribution in [-0.4, -0.2) is 7.11 Å². The number of methoxy groups -OCH3 is 1. The summed E-state index contributed by atoms with van der Waals surface area (Å²) in [5.74, 6) is 0.632. The third-order valence-corrected chi connectivity index (χ3v) is 3.95. The molecule has 0 bridgehead atoms. The molecule has 5 heteroatoms. The summed E-state index contributed by atoms with van der Waals surface area (Å²) >= 11 is 11.9.